The Morgan fingerprint density at radius 1 is 1.06 bits per heavy atom. The first-order chi connectivity index (χ1) is 8.26. The van der Waals surface area contributed by atoms with Crippen molar-refractivity contribution < 1.29 is 4.42 Å². The van der Waals surface area contributed by atoms with E-state index in [0.717, 1.165) is 29.9 Å². The summed E-state index contributed by atoms with van der Waals surface area (Å²) in [4.78, 5) is 0. The third kappa shape index (κ3) is 2.42. The van der Waals surface area contributed by atoms with Crippen LogP contribution in [0.1, 0.15) is 42.5 Å². The van der Waals surface area contributed by atoms with E-state index < -0.39 is 0 Å². The van der Waals surface area contributed by atoms with Crippen molar-refractivity contribution in [2.75, 3.05) is 0 Å². The van der Waals surface area contributed by atoms with Crippen LogP contribution in [0.5, 0.6) is 0 Å². The molecule has 1 aromatic carbocycles. The highest BCUT2D eigenvalue weighted by Crippen LogP contribution is 2.25. The molecule has 0 spiro atoms. The van der Waals surface area contributed by atoms with Crippen molar-refractivity contribution in [1.29, 1.82) is 0 Å². The monoisotopic (exact) mass is 229 g/mol. The summed E-state index contributed by atoms with van der Waals surface area (Å²) in [5, 5.41) is 0. The van der Waals surface area contributed by atoms with Gasteiger partial charge in [-0.1, -0.05) is 38.1 Å². The van der Waals surface area contributed by atoms with E-state index in [-0.39, 0.29) is 6.04 Å². The molecule has 0 aliphatic carbocycles. The largest absolute Gasteiger partial charge is 0.464 e. The standard InChI is InChI=1S/C15H19NO/c1-3-11-7-5-6-8-13(11)15(16)14-10-9-12(4-2)17-14/h5-10,15H,3-4,16H2,1-2H3. The summed E-state index contributed by atoms with van der Waals surface area (Å²) in [5.41, 5.74) is 8.71. The van der Waals surface area contributed by atoms with Gasteiger partial charge in [-0.3, -0.25) is 0 Å². The molecular weight excluding hydrogens is 210 g/mol. The molecule has 0 radical (unpaired) electrons. The molecule has 1 aromatic heterocycles. The van der Waals surface area contributed by atoms with Gasteiger partial charge in [0.05, 0.1) is 6.04 Å². The SMILES string of the molecule is CCc1ccc(C(N)c2ccccc2CC)o1. The molecule has 0 bridgehead atoms. The molecule has 0 saturated heterocycles. The molecule has 0 saturated carbocycles. The van der Waals surface area contributed by atoms with Crippen LogP contribution in [0.15, 0.2) is 40.8 Å². The summed E-state index contributed by atoms with van der Waals surface area (Å²) in [7, 11) is 0. The van der Waals surface area contributed by atoms with Gasteiger partial charge in [-0.2, -0.15) is 0 Å². The molecule has 1 atom stereocenters. The second-order valence-corrected chi connectivity index (χ2v) is 4.19. The molecular formula is C15H19NO. The van der Waals surface area contributed by atoms with Crippen LogP contribution in [-0.4, -0.2) is 0 Å². The fourth-order valence-electron chi connectivity index (χ4n) is 2.06. The minimum atomic E-state index is -0.161. The highest BCUT2D eigenvalue weighted by molar-refractivity contribution is 5.34. The Balaban J connectivity index is 2.32. The van der Waals surface area contributed by atoms with Gasteiger partial charge in [-0.15, -0.1) is 0 Å². The number of furan rings is 1. The molecule has 0 aliphatic rings. The van der Waals surface area contributed by atoms with Crippen LogP contribution in [0.3, 0.4) is 0 Å². The first-order valence-corrected chi connectivity index (χ1v) is 6.18. The first kappa shape index (κ1) is 11.9. The van der Waals surface area contributed by atoms with Crippen LogP contribution in [-0.2, 0) is 12.8 Å². The summed E-state index contributed by atoms with van der Waals surface area (Å²) in [5.74, 6) is 1.84. The van der Waals surface area contributed by atoms with Crippen molar-refractivity contribution in [2.45, 2.75) is 32.7 Å². The van der Waals surface area contributed by atoms with Crippen molar-refractivity contribution in [3.05, 3.63) is 59.0 Å². The van der Waals surface area contributed by atoms with Crippen molar-refractivity contribution in [1.82, 2.24) is 0 Å². The average molecular weight is 229 g/mol. The summed E-state index contributed by atoms with van der Waals surface area (Å²) >= 11 is 0. The molecule has 17 heavy (non-hydrogen) atoms. The second-order valence-electron chi connectivity index (χ2n) is 4.19. The molecule has 1 heterocycles. The third-order valence-corrected chi connectivity index (χ3v) is 3.11. The molecule has 2 N–H and O–H groups in total. The first-order valence-electron chi connectivity index (χ1n) is 6.18. The fraction of sp³-hybridized carbons (Fsp3) is 0.333. The van der Waals surface area contributed by atoms with Crippen molar-refractivity contribution in [2.24, 2.45) is 5.73 Å². The van der Waals surface area contributed by atoms with E-state index in [9.17, 15) is 0 Å². The van der Waals surface area contributed by atoms with Crippen LogP contribution in [0.25, 0.3) is 0 Å². The van der Waals surface area contributed by atoms with E-state index in [2.05, 4.69) is 32.0 Å². The van der Waals surface area contributed by atoms with Gasteiger partial charge in [0.15, 0.2) is 0 Å². The van der Waals surface area contributed by atoms with Gasteiger partial charge in [-0.25, -0.2) is 0 Å². The lowest BCUT2D eigenvalue weighted by molar-refractivity contribution is 0.453. The Morgan fingerprint density at radius 3 is 2.47 bits per heavy atom. The molecule has 2 aromatic rings. The molecule has 2 heteroatoms. The lowest BCUT2D eigenvalue weighted by Crippen LogP contribution is -2.13. The number of hydrogen-bond donors (Lipinski definition) is 1. The van der Waals surface area contributed by atoms with Crippen molar-refractivity contribution in [3.63, 3.8) is 0 Å². The maximum absolute atomic E-state index is 6.27. The number of hydrogen-bond acceptors (Lipinski definition) is 2. The van der Waals surface area contributed by atoms with E-state index in [4.69, 9.17) is 10.2 Å². The fourth-order valence-corrected chi connectivity index (χ4v) is 2.06. The van der Waals surface area contributed by atoms with Gasteiger partial charge in [0.2, 0.25) is 0 Å². The number of rotatable bonds is 4. The zero-order valence-electron chi connectivity index (χ0n) is 10.4. The maximum Gasteiger partial charge on any atom is 0.125 e. The second kappa shape index (κ2) is 5.19. The van der Waals surface area contributed by atoms with Gasteiger partial charge >= 0.3 is 0 Å². The summed E-state index contributed by atoms with van der Waals surface area (Å²) in [6.45, 7) is 4.22. The minimum absolute atomic E-state index is 0.161. The molecule has 0 aliphatic heterocycles. The zero-order chi connectivity index (χ0) is 12.3. The number of nitrogens with two attached hydrogens (primary N) is 1. The summed E-state index contributed by atoms with van der Waals surface area (Å²) < 4.78 is 5.72. The van der Waals surface area contributed by atoms with Crippen molar-refractivity contribution >= 4 is 0 Å². The molecule has 0 fully saturated rings. The zero-order valence-corrected chi connectivity index (χ0v) is 10.4. The molecule has 90 valence electrons. The lowest BCUT2D eigenvalue weighted by Gasteiger charge is -2.13. The lowest BCUT2D eigenvalue weighted by atomic mass is 9.98. The van der Waals surface area contributed by atoms with Gasteiger partial charge in [0, 0.05) is 6.42 Å². The number of aryl methyl sites for hydroxylation is 2. The normalized spacial score (nSPS) is 12.6. The topological polar surface area (TPSA) is 39.2 Å². The Labute approximate surface area is 102 Å². The molecule has 2 nitrogen and oxygen atoms in total. The van der Waals surface area contributed by atoms with Crippen LogP contribution < -0.4 is 5.73 Å². The molecule has 1 unspecified atom stereocenters. The van der Waals surface area contributed by atoms with Crippen LogP contribution >= 0.6 is 0 Å². The average Bonchev–Trinajstić information content (AvgIpc) is 2.86. The van der Waals surface area contributed by atoms with E-state index in [1.165, 1.54) is 5.56 Å². The van der Waals surface area contributed by atoms with E-state index in [1.807, 2.05) is 18.2 Å². The quantitative estimate of drug-likeness (QED) is 0.872. The summed E-state index contributed by atoms with van der Waals surface area (Å²) in [6.07, 6.45) is 1.90. The van der Waals surface area contributed by atoms with Crippen LogP contribution in [0.2, 0.25) is 0 Å². The predicted molar refractivity (Wildman–Crippen MR) is 69.9 cm³/mol. The molecule has 0 amide bonds. The van der Waals surface area contributed by atoms with Crippen molar-refractivity contribution in [3.8, 4) is 0 Å². The van der Waals surface area contributed by atoms with E-state index >= 15 is 0 Å². The highest BCUT2D eigenvalue weighted by atomic mass is 16.3. The van der Waals surface area contributed by atoms with Crippen LogP contribution in [0, 0.1) is 0 Å². The smallest absolute Gasteiger partial charge is 0.125 e. The van der Waals surface area contributed by atoms with Crippen LogP contribution in [0.4, 0.5) is 0 Å². The van der Waals surface area contributed by atoms with Gasteiger partial charge in [0.1, 0.15) is 11.5 Å². The Bertz CT molecular complexity index is 487. The molecule has 2 rings (SSSR count). The Kier molecular flexibility index (Phi) is 3.64. The Morgan fingerprint density at radius 2 is 1.82 bits per heavy atom. The minimum Gasteiger partial charge on any atom is -0.464 e. The maximum atomic E-state index is 6.27. The van der Waals surface area contributed by atoms with Gasteiger partial charge in [-0.05, 0) is 29.7 Å². The van der Waals surface area contributed by atoms with Gasteiger partial charge < -0.3 is 10.2 Å². The highest BCUT2D eigenvalue weighted by Gasteiger charge is 2.15. The predicted octanol–water partition coefficient (Wildman–Crippen LogP) is 3.45. The van der Waals surface area contributed by atoms with Gasteiger partial charge in [0.25, 0.3) is 0 Å². The third-order valence-electron chi connectivity index (χ3n) is 3.11. The Hall–Kier alpha value is -1.54. The summed E-state index contributed by atoms with van der Waals surface area (Å²) in [6, 6.07) is 12.1. The van der Waals surface area contributed by atoms with E-state index in [0.29, 0.717) is 0 Å². The van der Waals surface area contributed by atoms with E-state index in [1.54, 1.807) is 0 Å². The number of benzene rings is 1.